The van der Waals surface area contributed by atoms with Crippen LogP contribution in [-0.2, 0) is 6.42 Å². The van der Waals surface area contributed by atoms with Gasteiger partial charge in [-0.15, -0.1) is 0 Å². The molecule has 0 saturated carbocycles. The fourth-order valence-corrected chi connectivity index (χ4v) is 4.42. The minimum absolute atomic E-state index is 0.125. The summed E-state index contributed by atoms with van der Waals surface area (Å²) < 4.78 is 2.07. The van der Waals surface area contributed by atoms with Crippen LogP contribution in [0, 0.1) is 0 Å². The SMILES string of the molecule is O=C(NCCCc1ccccc1)N1C2CCC1CC(n1cccn1)C2. The van der Waals surface area contributed by atoms with Gasteiger partial charge < -0.3 is 10.2 Å². The van der Waals surface area contributed by atoms with Crippen LogP contribution < -0.4 is 5.32 Å². The molecule has 132 valence electrons. The number of urea groups is 1. The predicted octanol–water partition coefficient (Wildman–Crippen LogP) is 3.39. The first kappa shape index (κ1) is 16.2. The Morgan fingerprint density at radius 2 is 1.84 bits per heavy atom. The summed E-state index contributed by atoms with van der Waals surface area (Å²) in [5.74, 6) is 0. The first-order chi connectivity index (χ1) is 12.3. The molecule has 2 aliphatic heterocycles. The van der Waals surface area contributed by atoms with E-state index in [1.165, 1.54) is 5.56 Å². The third-order valence-electron chi connectivity index (χ3n) is 5.60. The normalized spacial score (nSPS) is 25.1. The highest BCUT2D eigenvalue weighted by atomic mass is 16.2. The molecule has 2 aliphatic rings. The second kappa shape index (κ2) is 7.30. The van der Waals surface area contributed by atoms with E-state index in [2.05, 4.69) is 44.3 Å². The molecule has 0 aliphatic carbocycles. The Kier molecular flexibility index (Phi) is 4.72. The largest absolute Gasteiger partial charge is 0.338 e. The molecule has 25 heavy (non-hydrogen) atoms. The fourth-order valence-electron chi connectivity index (χ4n) is 4.42. The molecule has 5 heteroatoms. The molecule has 1 N–H and O–H groups in total. The second-order valence-corrected chi connectivity index (χ2v) is 7.22. The minimum Gasteiger partial charge on any atom is -0.338 e. The number of amides is 2. The van der Waals surface area contributed by atoms with Crippen molar-refractivity contribution in [3.63, 3.8) is 0 Å². The Labute approximate surface area is 149 Å². The number of hydrogen-bond donors (Lipinski definition) is 1. The lowest BCUT2D eigenvalue weighted by Gasteiger charge is -2.39. The lowest BCUT2D eigenvalue weighted by Crippen LogP contribution is -2.51. The number of benzene rings is 1. The van der Waals surface area contributed by atoms with Crippen LogP contribution in [0.2, 0.25) is 0 Å². The summed E-state index contributed by atoms with van der Waals surface area (Å²) in [6.07, 6.45) is 10.2. The van der Waals surface area contributed by atoms with Crippen molar-refractivity contribution < 1.29 is 4.79 Å². The monoisotopic (exact) mass is 338 g/mol. The zero-order chi connectivity index (χ0) is 17.1. The number of nitrogens with zero attached hydrogens (tertiary/aromatic N) is 3. The molecular weight excluding hydrogens is 312 g/mol. The molecule has 3 heterocycles. The molecule has 1 aromatic carbocycles. The quantitative estimate of drug-likeness (QED) is 0.850. The van der Waals surface area contributed by atoms with E-state index < -0.39 is 0 Å². The third kappa shape index (κ3) is 3.55. The number of rotatable bonds is 5. The molecule has 5 nitrogen and oxygen atoms in total. The first-order valence-corrected chi connectivity index (χ1v) is 9.40. The standard InChI is InChI=1S/C20H26N4O/c25-20(21-11-4-8-16-6-2-1-3-7-16)24-17-9-10-18(24)15-19(14-17)23-13-5-12-22-23/h1-3,5-7,12-13,17-19H,4,8-11,14-15H2,(H,21,25). The van der Waals surface area contributed by atoms with E-state index in [9.17, 15) is 4.79 Å². The lowest BCUT2D eigenvalue weighted by molar-refractivity contribution is 0.120. The third-order valence-corrected chi connectivity index (χ3v) is 5.60. The minimum atomic E-state index is 0.125. The molecule has 4 rings (SSSR count). The van der Waals surface area contributed by atoms with Crippen molar-refractivity contribution in [2.45, 2.75) is 56.7 Å². The maximum absolute atomic E-state index is 12.7. The highest BCUT2D eigenvalue weighted by Gasteiger charge is 2.43. The molecule has 2 fully saturated rings. The van der Waals surface area contributed by atoms with Gasteiger partial charge in [-0.05, 0) is 50.2 Å². The Hall–Kier alpha value is -2.30. The van der Waals surface area contributed by atoms with Crippen LogP contribution in [0.25, 0.3) is 0 Å². The van der Waals surface area contributed by atoms with Gasteiger partial charge >= 0.3 is 6.03 Å². The number of carbonyl (C=O) groups is 1. The summed E-state index contributed by atoms with van der Waals surface area (Å²) in [6.45, 7) is 0.742. The van der Waals surface area contributed by atoms with Gasteiger partial charge in [-0.2, -0.15) is 5.10 Å². The molecule has 1 aromatic heterocycles. The summed E-state index contributed by atoms with van der Waals surface area (Å²) in [4.78, 5) is 14.8. The Morgan fingerprint density at radius 1 is 1.08 bits per heavy atom. The van der Waals surface area contributed by atoms with Crippen LogP contribution >= 0.6 is 0 Å². The molecule has 2 unspecified atom stereocenters. The zero-order valence-corrected chi connectivity index (χ0v) is 14.6. The van der Waals surface area contributed by atoms with Gasteiger partial charge in [0, 0.05) is 31.0 Å². The average molecular weight is 338 g/mol. The van der Waals surface area contributed by atoms with E-state index in [0.29, 0.717) is 18.1 Å². The topological polar surface area (TPSA) is 50.2 Å². The molecule has 2 aromatic rings. The zero-order valence-electron chi connectivity index (χ0n) is 14.6. The van der Waals surface area contributed by atoms with E-state index in [-0.39, 0.29) is 6.03 Å². The smallest absolute Gasteiger partial charge is 0.317 e. The predicted molar refractivity (Wildman–Crippen MR) is 97.3 cm³/mol. The molecule has 2 bridgehead atoms. The maximum Gasteiger partial charge on any atom is 0.317 e. The number of hydrogen-bond acceptors (Lipinski definition) is 2. The van der Waals surface area contributed by atoms with Gasteiger partial charge in [0.2, 0.25) is 0 Å². The van der Waals surface area contributed by atoms with E-state index in [1.807, 2.05) is 24.5 Å². The van der Waals surface area contributed by atoms with Gasteiger partial charge in [0.25, 0.3) is 0 Å². The van der Waals surface area contributed by atoms with Gasteiger partial charge in [-0.1, -0.05) is 30.3 Å². The van der Waals surface area contributed by atoms with Gasteiger partial charge in [-0.25, -0.2) is 4.79 Å². The molecule has 0 radical (unpaired) electrons. The number of nitrogens with one attached hydrogen (secondary N) is 1. The van der Waals surface area contributed by atoms with Crippen LogP contribution in [-0.4, -0.2) is 39.3 Å². The second-order valence-electron chi connectivity index (χ2n) is 7.22. The Balaban J connectivity index is 1.27. The summed E-state index contributed by atoms with van der Waals surface area (Å²) in [5.41, 5.74) is 1.33. The number of aryl methyl sites for hydroxylation is 1. The Morgan fingerprint density at radius 3 is 2.52 bits per heavy atom. The van der Waals surface area contributed by atoms with Crippen molar-refractivity contribution in [2.75, 3.05) is 6.54 Å². The van der Waals surface area contributed by atoms with Crippen LogP contribution in [0.1, 0.15) is 43.7 Å². The summed E-state index contributed by atoms with van der Waals surface area (Å²) in [6, 6.07) is 13.7. The fraction of sp³-hybridized carbons (Fsp3) is 0.500. The highest BCUT2D eigenvalue weighted by molar-refractivity contribution is 5.75. The van der Waals surface area contributed by atoms with Crippen molar-refractivity contribution in [1.82, 2.24) is 20.0 Å². The van der Waals surface area contributed by atoms with E-state index in [0.717, 1.165) is 45.1 Å². The van der Waals surface area contributed by atoms with Crippen molar-refractivity contribution in [2.24, 2.45) is 0 Å². The number of fused-ring (bicyclic) bond motifs is 2. The summed E-state index contributed by atoms with van der Waals surface area (Å²) in [5, 5.41) is 7.53. The number of carbonyl (C=O) groups excluding carboxylic acids is 1. The molecule has 2 saturated heterocycles. The molecule has 0 spiro atoms. The van der Waals surface area contributed by atoms with Crippen molar-refractivity contribution >= 4 is 6.03 Å². The molecule has 2 amide bonds. The van der Waals surface area contributed by atoms with Crippen LogP contribution in [0.15, 0.2) is 48.8 Å². The van der Waals surface area contributed by atoms with Crippen LogP contribution in [0.5, 0.6) is 0 Å². The molecule has 2 atom stereocenters. The van der Waals surface area contributed by atoms with Crippen molar-refractivity contribution in [3.8, 4) is 0 Å². The lowest BCUT2D eigenvalue weighted by atomic mass is 9.98. The highest BCUT2D eigenvalue weighted by Crippen LogP contribution is 2.40. The maximum atomic E-state index is 12.7. The summed E-state index contributed by atoms with van der Waals surface area (Å²) in [7, 11) is 0. The van der Waals surface area contributed by atoms with E-state index >= 15 is 0 Å². The average Bonchev–Trinajstić information content (AvgIpc) is 3.26. The van der Waals surface area contributed by atoms with Crippen molar-refractivity contribution in [3.05, 3.63) is 54.4 Å². The van der Waals surface area contributed by atoms with Gasteiger partial charge in [0.05, 0.1) is 6.04 Å². The van der Waals surface area contributed by atoms with Gasteiger partial charge in [0.1, 0.15) is 0 Å². The first-order valence-electron chi connectivity index (χ1n) is 9.40. The van der Waals surface area contributed by atoms with Crippen LogP contribution in [0.4, 0.5) is 4.79 Å². The summed E-state index contributed by atoms with van der Waals surface area (Å²) >= 11 is 0. The van der Waals surface area contributed by atoms with Gasteiger partial charge in [0.15, 0.2) is 0 Å². The van der Waals surface area contributed by atoms with E-state index in [4.69, 9.17) is 0 Å². The molecular formula is C20H26N4O. The van der Waals surface area contributed by atoms with Crippen molar-refractivity contribution in [1.29, 1.82) is 0 Å². The van der Waals surface area contributed by atoms with Gasteiger partial charge in [-0.3, -0.25) is 4.68 Å². The number of piperidine rings is 1. The van der Waals surface area contributed by atoms with Crippen LogP contribution in [0.3, 0.4) is 0 Å². The number of aromatic nitrogens is 2. The van der Waals surface area contributed by atoms with E-state index in [1.54, 1.807) is 0 Å². The Bertz CT molecular complexity index is 671.